The van der Waals surface area contributed by atoms with Crippen molar-refractivity contribution < 1.29 is 10.0 Å². The number of nitrogens with one attached hydrogen (secondary N) is 2. The Morgan fingerprint density at radius 2 is 1.96 bits per heavy atom. The average Bonchev–Trinajstić information content (AvgIpc) is 3.12. The van der Waals surface area contributed by atoms with Crippen molar-refractivity contribution >= 4 is 63.1 Å². The van der Waals surface area contributed by atoms with Crippen LogP contribution in [-0.4, -0.2) is 20.7 Å². The number of nitrogens with zero attached hydrogens (tertiary/aromatic N) is 2. The standard InChI is InChI=1S/C16H11Cl2IN4O2/c17-11-5-9(19)1-2-13(11)21-14-7-15(23-4-3-20-8-23)12(18)6-10(14)16(24)22-25/h1-8,21,25H,(H,22,24). The Morgan fingerprint density at radius 1 is 1.16 bits per heavy atom. The topological polar surface area (TPSA) is 79.2 Å². The number of carbonyl (C=O) groups excluding carboxylic acids is 1. The van der Waals surface area contributed by atoms with Crippen LogP contribution in [0.4, 0.5) is 11.4 Å². The van der Waals surface area contributed by atoms with Gasteiger partial charge in [0.05, 0.1) is 39.0 Å². The predicted octanol–water partition coefficient (Wildman–Crippen LogP) is 4.65. The molecule has 0 aliphatic heterocycles. The van der Waals surface area contributed by atoms with Crippen molar-refractivity contribution in [2.75, 3.05) is 5.32 Å². The Labute approximate surface area is 166 Å². The molecule has 3 N–H and O–H groups in total. The molecule has 0 aliphatic rings. The van der Waals surface area contributed by atoms with Gasteiger partial charge in [0.2, 0.25) is 0 Å². The molecule has 0 fully saturated rings. The molecular weight excluding hydrogens is 478 g/mol. The number of anilines is 2. The van der Waals surface area contributed by atoms with E-state index >= 15 is 0 Å². The van der Waals surface area contributed by atoms with Crippen molar-refractivity contribution in [2.24, 2.45) is 0 Å². The van der Waals surface area contributed by atoms with E-state index in [1.807, 2.05) is 6.07 Å². The predicted molar refractivity (Wildman–Crippen MR) is 105 cm³/mol. The Balaban J connectivity index is 2.11. The lowest BCUT2D eigenvalue weighted by Crippen LogP contribution is -2.20. The molecule has 0 radical (unpaired) electrons. The molecule has 2 aromatic carbocycles. The highest BCUT2D eigenvalue weighted by Gasteiger charge is 2.17. The van der Waals surface area contributed by atoms with E-state index in [2.05, 4.69) is 32.9 Å². The second-order valence-electron chi connectivity index (χ2n) is 5.01. The third-order valence-electron chi connectivity index (χ3n) is 3.42. The molecule has 6 nitrogen and oxygen atoms in total. The number of rotatable bonds is 4. The maximum atomic E-state index is 12.0. The molecule has 25 heavy (non-hydrogen) atoms. The summed E-state index contributed by atoms with van der Waals surface area (Å²) < 4.78 is 2.70. The number of aromatic nitrogens is 2. The van der Waals surface area contributed by atoms with Gasteiger partial charge >= 0.3 is 0 Å². The van der Waals surface area contributed by atoms with Gasteiger partial charge in [-0.15, -0.1) is 0 Å². The summed E-state index contributed by atoms with van der Waals surface area (Å²) in [6.45, 7) is 0. The number of benzene rings is 2. The molecule has 1 heterocycles. The van der Waals surface area contributed by atoms with Gasteiger partial charge < -0.3 is 9.88 Å². The summed E-state index contributed by atoms with van der Waals surface area (Å²) in [5, 5.41) is 12.9. The molecule has 9 heteroatoms. The van der Waals surface area contributed by atoms with Crippen molar-refractivity contribution in [2.45, 2.75) is 0 Å². The van der Waals surface area contributed by atoms with E-state index in [9.17, 15) is 4.79 Å². The van der Waals surface area contributed by atoms with E-state index in [-0.39, 0.29) is 5.56 Å². The van der Waals surface area contributed by atoms with Crippen molar-refractivity contribution in [3.8, 4) is 5.69 Å². The highest BCUT2D eigenvalue weighted by molar-refractivity contribution is 14.1. The smallest absolute Gasteiger partial charge is 0.276 e. The van der Waals surface area contributed by atoms with E-state index in [1.54, 1.807) is 47.0 Å². The van der Waals surface area contributed by atoms with Crippen LogP contribution in [0.15, 0.2) is 49.1 Å². The van der Waals surface area contributed by atoms with Crippen LogP contribution >= 0.6 is 45.8 Å². The number of carbonyl (C=O) groups is 1. The lowest BCUT2D eigenvalue weighted by Gasteiger charge is -2.16. The van der Waals surface area contributed by atoms with E-state index in [0.29, 0.717) is 27.1 Å². The van der Waals surface area contributed by atoms with Gasteiger partial charge in [0.25, 0.3) is 5.91 Å². The fourth-order valence-corrected chi connectivity index (χ4v) is 3.41. The Hall–Kier alpha value is -1.81. The lowest BCUT2D eigenvalue weighted by molar-refractivity contribution is 0.0707. The van der Waals surface area contributed by atoms with Gasteiger partial charge in [-0.05, 0) is 52.9 Å². The highest BCUT2D eigenvalue weighted by Crippen LogP contribution is 2.33. The van der Waals surface area contributed by atoms with Gasteiger partial charge in [-0.2, -0.15) is 0 Å². The molecule has 0 saturated carbocycles. The molecule has 0 atom stereocenters. The van der Waals surface area contributed by atoms with Gasteiger partial charge in [-0.25, -0.2) is 10.5 Å². The number of hydrogen-bond acceptors (Lipinski definition) is 4. The van der Waals surface area contributed by atoms with Crippen LogP contribution in [0.5, 0.6) is 0 Å². The summed E-state index contributed by atoms with van der Waals surface area (Å²) in [6, 6.07) is 8.63. The molecule has 3 rings (SSSR count). The molecule has 128 valence electrons. The van der Waals surface area contributed by atoms with Gasteiger partial charge in [0, 0.05) is 16.0 Å². The van der Waals surface area contributed by atoms with Crippen molar-refractivity contribution in [3.05, 3.63) is 68.2 Å². The molecule has 3 aromatic rings. The second-order valence-corrected chi connectivity index (χ2v) is 7.07. The highest BCUT2D eigenvalue weighted by atomic mass is 127. The summed E-state index contributed by atoms with van der Waals surface area (Å²) in [6.07, 6.45) is 4.94. The van der Waals surface area contributed by atoms with E-state index < -0.39 is 5.91 Å². The lowest BCUT2D eigenvalue weighted by atomic mass is 10.1. The van der Waals surface area contributed by atoms with Crippen LogP contribution in [0.1, 0.15) is 10.4 Å². The summed E-state index contributed by atoms with van der Waals surface area (Å²) in [7, 11) is 0. The quantitative estimate of drug-likeness (QED) is 0.284. The first-order valence-electron chi connectivity index (χ1n) is 6.98. The van der Waals surface area contributed by atoms with Gasteiger partial charge in [0.1, 0.15) is 0 Å². The summed E-state index contributed by atoms with van der Waals surface area (Å²) >= 11 is 14.7. The maximum Gasteiger partial charge on any atom is 0.276 e. The minimum atomic E-state index is -0.691. The number of halogens is 3. The summed E-state index contributed by atoms with van der Waals surface area (Å²) in [5.74, 6) is -0.691. The van der Waals surface area contributed by atoms with E-state index in [1.165, 1.54) is 6.07 Å². The zero-order valence-electron chi connectivity index (χ0n) is 12.5. The van der Waals surface area contributed by atoms with Crippen LogP contribution in [0.25, 0.3) is 5.69 Å². The monoisotopic (exact) mass is 488 g/mol. The zero-order valence-corrected chi connectivity index (χ0v) is 16.2. The molecule has 0 aliphatic carbocycles. The minimum Gasteiger partial charge on any atom is -0.354 e. The number of hydrogen-bond donors (Lipinski definition) is 3. The van der Waals surface area contributed by atoms with Gasteiger partial charge in [-0.3, -0.25) is 10.0 Å². The normalized spacial score (nSPS) is 10.6. The van der Waals surface area contributed by atoms with E-state index in [4.69, 9.17) is 28.4 Å². The first kappa shape index (κ1) is 18.0. The Kier molecular flexibility index (Phi) is 5.48. The fraction of sp³-hybridized carbons (Fsp3) is 0. The Bertz CT molecular complexity index is 932. The van der Waals surface area contributed by atoms with Gasteiger partial charge in [-0.1, -0.05) is 23.2 Å². The number of imidazole rings is 1. The van der Waals surface area contributed by atoms with Crippen LogP contribution in [-0.2, 0) is 0 Å². The van der Waals surface area contributed by atoms with Crippen molar-refractivity contribution in [1.82, 2.24) is 15.0 Å². The molecule has 1 aromatic heterocycles. The molecule has 1 amide bonds. The first-order valence-corrected chi connectivity index (χ1v) is 8.81. The van der Waals surface area contributed by atoms with Crippen molar-refractivity contribution in [3.63, 3.8) is 0 Å². The molecule has 0 saturated heterocycles. The molecule has 0 unspecified atom stereocenters. The van der Waals surface area contributed by atoms with Crippen LogP contribution < -0.4 is 10.8 Å². The molecule has 0 spiro atoms. The molecule has 0 bridgehead atoms. The Morgan fingerprint density at radius 3 is 2.60 bits per heavy atom. The zero-order chi connectivity index (χ0) is 18.0. The first-order chi connectivity index (χ1) is 12.0. The third-order valence-corrected chi connectivity index (χ3v) is 4.70. The largest absolute Gasteiger partial charge is 0.354 e. The van der Waals surface area contributed by atoms with E-state index in [0.717, 1.165) is 3.57 Å². The average molecular weight is 489 g/mol. The summed E-state index contributed by atoms with van der Waals surface area (Å²) in [4.78, 5) is 16.0. The number of hydroxylamine groups is 1. The minimum absolute atomic E-state index is 0.172. The van der Waals surface area contributed by atoms with Crippen LogP contribution in [0.2, 0.25) is 10.0 Å². The molecular formula is C16H11Cl2IN4O2. The maximum absolute atomic E-state index is 12.0. The number of amides is 1. The third kappa shape index (κ3) is 3.90. The SMILES string of the molecule is O=C(NO)c1cc(Cl)c(-n2ccnc2)cc1Nc1ccc(I)cc1Cl. The van der Waals surface area contributed by atoms with Gasteiger partial charge in [0.15, 0.2) is 0 Å². The summed E-state index contributed by atoms with van der Waals surface area (Å²) in [5.41, 5.74) is 3.47. The van der Waals surface area contributed by atoms with Crippen LogP contribution in [0, 0.1) is 3.57 Å². The van der Waals surface area contributed by atoms with Crippen LogP contribution in [0.3, 0.4) is 0 Å². The van der Waals surface area contributed by atoms with Crippen molar-refractivity contribution in [1.29, 1.82) is 0 Å². The second kappa shape index (κ2) is 7.61. The fourth-order valence-electron chi connectivity index (χ4n) is 2.25.